The molecule has 0 amide bonds. The van der Waals surface area contributed by atoms with Gasteiger partial charge in [0, 0.05) is 24.3 Å². The first-order chi connectivity index (χ1) is 9.61. The van der Waals surface area contributed by atoms with Crippen molar-refractivity contribution in [2.24, 2.45) is 11.7 Å². The fourth-order valence-corrected chi connectivity index (χ4v) is 3.27. The first-order valence-corrected chi connectivity index (χ1v) is 7.81. The van der Waals surface area contributed by atoms with E-state index in [4.69, 9.17) is 11.1 Å². The van der Waals surface area contributed by atoms with E-state index in [1.807, 2.05) is 13.0 Å². The first-order valence-electron chi connectivity index (χ1n) is 7.81. The van der Waals surface area contributed by atoms with Gasteiger partial charge in [-0.3, -0.25) is 5.41 Å². The molecule has 0 saturated carbocycles. The number of anilines is 1. The third-order valence-corrected chi connectivity index (χ3v) is 4.41. The predicted octanol–water partition coefficient (Wildman–Crippen LogP) is 3.69. The smallest absolute Gasteiger partial charge is 0.123 e. The molecule has 1 aromatic rings. The molecule has 3 N–H and O–H groups in total. The summed E-state index contributed by atoms with van der Waals surface area (Å²) in [7, 11) is 0. The van der Waals surface area contributed by atoms with Crippen LogP contribution in [-0.2, 0) is 0 Å². The van der Waals surface area contributed by atoms with Gasteiger partial charge in [0.05, 0.1) is 0 Å². The van der Waals surface area contributed by atoms with Gasteiger partial charge in [-0.05, 0) is 55.9 Å². The molecule has 0 aromatic heterocycles. The van der Waals surface area contributed by atoms with Crippen molar-refractivity contribution in [3.05, 3.63) is 29.3 Å². The van der Waals surface area contributed by atoms with Gasteiger partial charge in [-0.2, -0.15) is 0 Å². The molecule has 1 fully saturated rings. The first kappa shape index (κ1) is 14.9. The van der Waals surface area contributed by atoms with Gasteiger partial charge in [-0.25, -0.2) is 0 Å². The van der Waals surface area contributed by atoms with Crippen molar-refractivity contribution < 1.29 is 0 Å². The van der Waals surface area contributed by atoms with E-state index in [2.05, 4.69) is 24.0 Å². The maximum Gasteiger partial charge on any atom is 0.123 e. The second kappa shape index (κ2) is 6.78. The molecule has 3 nitrogen and oxygen atoms in total. The highest BCUT2D eigenvalue weighted by Gasteiger charge is 2.17. The molecule has 0 radical (unpaired) electrons. The largest absolute Gasteiger partial charge is 0.384 e. The lowest BCUT2D eigenvalue weighted by Gasteiger charge is -2.24. The minimum Gasteiger partial charge on any atom is -0.384 e. The SMILES string of the molecule is CCCC1CCCN(c2ccc(C(=N)N)c(C)c2)CC1. The number of rotatable bonds is 4. The summed E-state index contributed by atoms with van der Waals surface area (Å²) in [6.07, 6.45) is 6.64. The molecule has 2 rings (SSSR count). The quantitative estimate of drug-likeness (QED) is 0.649. The maximum atomic E-state index is 7.56. The number of benzene rings is 1. The Morgan fingerprint density at radius 1 is 1.35 bits per heavy atom. The summed E-state index contributed by atoms with van der Waals surface area (Å²) < 4.78 is 0. The Hall–Kier alpha value is -1.51. The van der Waals surface area contributed by atoms with Crippen molar-refractivity contribution in [2.45, 2.75) is 46.0 Å². The van der Waals surface area contributed by atoms with E-state index in [0.717, 1.165) is 30.1 Å². The molecule has 0 bridgehead atoms. The van der Waals surface area contributed by atoms with Crippen LogP contribution < -0.4 is 10.6 Å². The Kier molecular flexibility index (Phi) is 5.05. The van der Waals surface area contributed by atoms with Crippen molar-refractivity contribution >= 4 is 11.5 Å². The number of nitrogens with zero attached hydrogens (tertiary/aromatic N) is 1. The highest BCUT2D eigenvalue weighted by atomic mass is 15.1. The van der Waals surface area contributed by atoms with Crippen LogP contribution in [0.2, 0.25) is 0 Å². The van der Waals surface area contributed by atoms with Crippen molar-refractivity contribution in [1.82, 2.24) is 0 Å². The molecule has 20 heavy (non-hydrogen) atoms. The van der Waals surface area contributed by atoms with E-state index in [1.54, 1.807) is 0 Å². The second-order valence-electron chi connectivity index (χ2n) is 5.99. The molecule has 1 aliphatic heterocycles. The molecule has 1 saturated heterocycles. The summed E-state index contributed by atoms with van der Waals surface area (Å²) in [5.41, 5.74) is 8.83. The number of aryl methyl sites for hydroxylation is 1. The van der Waals surface area contributed by atoms with Crippen LogP contribution in [0.1, 0.15) is 50.2 Å². The number of nitrogens with two attached hydrogens (primary N) is 1. The molecule has 1 atom stereocenters. The lowest BCUT2D eigenvalue weighted by Crippen LogP contribution is -2.24. The molecule has 0 aliphatic carbocycles. The standard InChI is InChI=1S/C17H27N3/c1-3-5-14-6-4-10-20(11-9-14)15-7-8-16(17(18)19)13(2)12-15/h7-8,12,14H,3-6,9-11H2,1-2H3,(H3,18,19). The molecule has 1 aromatic carbocycles. The van der Waals surface area contributed by atoms with Crippen LogP contribution in [-0.4, -0.2) is 18.9 Å². The molecule has 1 unspecified atom stereocenters. The molecule has 110 valence electrons. The van der Waals surface area contributed by atoms with Gasteiger partial charge in [0.2, 0.25) is 0 Å². The number of nitrogen functional groups attached to an aromatic ring is 1. The number of hydrogen-bond acceptors (Lipinski definition) is 2. The number of hydrogen-bond donors (Lipinski definition) is 2. The van der Waals surface area contributed by atoms with Gasteiger partial charge < -0.3 is 10.6 Å². The van der Waals surface area contributed by atoms with Gasteiger partial charge >= 0.3 is 0 Å². The molecule has 1 aliphatic rings. The monoisotopic (exact) mass is 273 g/mol. The minimum atomic E-state index is 0.160. The van der Waals surface area contributed by atoms with Crippen LogP contribution in [0.25, 0.3) is 0 Å². The second-order valence-corrected chi connectivity index (χ2v) is 5.99. The van der Waals surface area contributed by atoms with Crippen molar-refractivity contribution in [3.63, 3.8) is 0 Å². The summed E-state index contributed by atoms with van der Waals surface area (Å²) in [5, 5.41) is 7.56. The summed E-state index contributed by atoms with van der Waals surface area (Å²) in [4.78, 5) is 2.49. The fraction of sp³-hybridized carbons (Fsp3) is 0.588. The molecule has 0 spiro atoms. The Bertz CT molecular complexity index is 467. The summed E-state index contributed by atoms with van der Waals surface area (Å²) in [5.74, 6) is 1.07. The minimum absolute atomic E-state index is 0.160. The van der Waals surface area contributed by atoms with Crippen LogP contribution in [0, 0.1) is 18.3 Å². The van der Waals surface area contributed by atoms with Gasteiger partial charge in [0.15, 0.2) is 0 Å². The predicted molar refractivity (Wildman–Crippen MR) is 86.7 cm³/mol. The van der Waals surface area contributed by atoms with E-state index in [0.29, 0.717) is 0 Å². The highest BCUT2D eigenvalue weighted by molar-refractivity contribution is 5.96. The third-order valence-electron chi connectivity index (χ3n) is 4.41. The summed E-state index contributed by atoms with van der Waals surface area (Å²) >= 11 is 0. The fourth-order valence-electron chi connectivity index (χ4n) is 3.27. The molecule has 1 heterocycles. The maximum absolute atomic E-state index is 7.56. The molecular weight excluding hydrogens is 246 g/mol. The average Bonchev–Trinajstić information content (AvgIpc) is 2.64. The van der Waals surface area contributed by atoms with Gasteiger partial charge in [0.25, 0.3) is 0 Å². The van der Waals surface area contributed by atoms with Crippen LogP contribution >= 0.6 is 0 Å². The number of amidine groups is 1. The van der Waals surface area contributed by atoms with Crippen LogP contribution in [0.4, 0.5) is 5.69 Å². The molecule has 3 heteroatoms. The Balaban J connectivity index is 2.08. The zero-order valence-electron chi connectivity index (χ0n) is 12.8. The lowest BCUT2D eigenvalue weighted by atomic mass is 9.96. The zero-order valence-corrected chi connectivity index (χ0v) is 12.8. The van der Waals surface area contributed by atoms with E-state index in [9.17, 15) is 0 Å². The van der Waals surface area contributed by atoms with Crippen molar-refractivity contribution in [2.75, 3.05) is 18.0 Å². The van der Waals surface area contributed by atoms with Gasteiger partial charge in [-0.15, -0.1) is 0 Å². The number of nitrogens with one attached hydrogen (secondary N) is 1. The van der Waals surface area contributed by atoms with Crippen molar-refractivity contribution in [3.8, 4) is 0 Å². The topological polar surface area (TPSA) is 53.1 Å². The van der Waals surface area contributed by atoms with Gasteiger partial charge in [0.1, 0.15) is 5.84 Å². The van der Waals surface area contributed by atoms with E-state index in [-0.39, 0.29) is 5.84 Å². The van der Waals surface area contributed by atoms with E-state index < -0.39 is 0 Å². The van der Waals surface area contributed by atoms with Crippen LogP contribution in [0.3, 0.4) is 0 Å². The Labute approximate surface area is 122 Å². The van der Waals surface area contributed by atoms with E-state index >= 15 is 0 Å². The molecular formula is C17H27N3. The van der Waals surface area contributed by atoms with Crippen LogP contribution in [0.15, 0.2) is 18.2 Å². The average molecular weight is 273 g/mol. The van der Waals surface area contributed by atoms with Crippen LogP contribution in [0.5, 0.6) is 0 Å². The van der Waals surface area contributed by atoms with Crippen molar-refractivity contribution in [1.29, 1.82) is 5.41 Å². The summed E-state index contributed by atoms with van der Waals surface area (Å²) in [6.45, 7) is 6.63. The Morgan fingerprint density at radius 2 is 2.15 bits per heavy atom. The summed E-state index contributed by atoms with van der Waals surface area (Å²) in [6, 6.07) is 6.28. The highest BCUT2D eigenvalue weighted by Crippen LogP contribution is 2.26. The normalized spacial score (nSPS) is 19.7. The van der Waals surface area contributed by atoms with E-state index in [1.165, 1.54) is 37.8 Å². The zero-order chi connectivity index (χ0) is 14.5. The third kappa shape index (κ3) is 3.53. The lowest BCUT2D eigenvalue weighted by molar-refractivity contribution is 0.435. The van der Waals surface area contributed by atoms with Gasteiger partial charge in [-0.1, -0.05) is 19.8 Å². The Morgan fingerprint density at radius 3 is 2.80 bits per heavy atom.